The number of likely N-dealkylation sites (N-methyl/N-ethyl adjacent to an activating group) is 1. The second kappa shape index (κ2) is 5.61. The number of halogens is 1. The summed E-state index contributed by atoms with van der Waals surface area (Å²) in [5, 5.41) is 3.62. The minimum Gasteiger partial charge on any atom is -0.310 e. The van der Waals surface area contributed by atoms with E-state index in [1.165, 1.54) is 16.7 Å². The predicted molar refractivity (Wildman–Crippen MR) is 85.2 cm³/mol. The molecule has 0 aromatic heterocycles. The molecule has 0 fully saturated rings. The van der Waals surface area contributed by atoms with Crippen LogP contribution in [0.4, 0.5) is 4.39 Å². The van der Waals surface area contributed by atoms with E-state index >= 15 is 0 Å². The molecule has 1 aliphatic rings. The van der Waals surface area contributed by atoms with E-state index < -0.39 is 0 Å². The van der Waals surface area contributed by atoms with Crippen molar-refractivity contribution in [1.82, 2.24) is 5.32 Å². The molecule has 0 amide bonds. The molecule has 1 N–H and O–H groups in total. The Morgan fingerprint density at radius 1 is 1.19 bits per heavy atom. The van der Waals surface area contributed by atoms with Gasteiger partial charge in [0.2, 0.25) is 0 Å². The maximum absolute atomic E-state index is 13.6. The summed E-state index contributed by atoms with van der Waals surface area (Å²) >= 11 is 0. The summed E-state index contributed by atoms with van der Waals surface area (Å²) in [5.74, 6) is 0.349. The van der Waals surface area contributed by atoms with E-state index in [4.69, 9.17) is 0 Å². The lowest BCUT2D eigenvalue weighted by Crippen LogP contribution is -2.34. The van der Waals surface area contributed by atoms with Gasteiger partial charge >= 0.3 is 0 Å². The molecule has 0 aliphatic heterocycles. The van der Waals surface area contributed by atoms with Crippen LogP contribution in [-0.4, -0.2) is 6.54 Å². The Morgan fingerprint density at radius 3 is 2.48 bits per heavy atom. The number of benzene rings is 2. The van der Waals surface area contributed by atoms with E-state index in [0.29, 0.717) is 5.92 Å². The molecule has 3 rings (SSSR count). The van der Waals surface area contributed by atoms with Crippen LogP contribution in [0.25, 0.3) is 0 Å². The highest BCUT2D eigenvalue weighted by Gasteiger charge is 2.34. The third kappa shape index (κ3) is 2.49. The van der Waals surface area contributed by atoms with Gasteiger partial charge in [-0.15, -0.1) is 0 Å². The molecule has 1 nitrogen and oxygen atoms in total. The van der Waals surface area contributed by atoms with Gasteiger partial charge in [0, 0.05) is 12.0 Å². The van der Waals surface area contributed by atoms with Gasteiger partial charge in [-0.1, -0.05) is 31.2 Å². The first-order valence-electron chi connectivity index (χ1n) is 7.69. The summed E-state index contributed by atoms with van der Waals surface area (Å²) in [6.45, 7) is 7.08. The van der Waals surface area contributed by atoms with Crippen LogP contribution in [0.15, 0.2) is 36.4 Å². The molecule has 0 saturated heterocycles. The van der Waals surface area contributed by atoms with E-state index in [1.807, 2.05) is 13.8 Å². The highest BCUT2D eigenvalue weighted by atomic mass is 19.1. The Labute approximate surface area is 126 Å². The van der Waals surface area contributed by atoms with Gasteiger partial charge in [0.05, 0.1) is 0 Å². The molecule has 0 saturated carbocycles. The quantitative estimate of drug-likeness (QED) is 0.875. The summed E-state index contributed by atoms with van der Waals surface area (Å²) in [6, 6.07) is 12.2. The first kappa shape index (κ1) is 14.3. The van der Waals surface area contributed by atoms with Gasteiger partial charge in [-0.05, 0) is 66.8 Å². The molecule has 2 atom stereocenters. The normalized spacial score (nSPS) is 18.0. The number of hydrogen-bond donors (Lipinski definition) is 1. The SMILES string of the molecule is CCNC(c1c(C)cc(F)cc1C)C1Cc2ccccc21. The van der Waals surface area contributed by atoms with E-state index in [1.54, 1.807) is 12.1 Å². The zero-order valence-electron chi connectivity index (χ0n) is 12.9. The molecule has 2 unspecified atom stereocenters. The lowest BCUT2D eigenvalue weighted by Gasteiger charge is -2.38. The van der Waals surface area contributed by atoms with Gasteiger partial charge in [0.15, 0.2) is 0 Å². The Balaban J connectivity index is 2.01. The first-order chi connectivity index (χ1) is 10.1. The molecule has 1 aliphatic carbocycles. The standard InChI is InChI=1S/C19H22FN/c1-4-21-19(17-11-14-7-5-6-8-16(14)17)18-12(2)9-15(20)10-13(18)3/h5-10,17,19,21H,4,11H2,1-3H3. The van der Waals surface area contributed by atoms with Crippen LogP contribution in [0.2, 0.25) is 0 Å². The van der Waals surface area contributed by atoms with Gasteiger partial charge in [-0.25, -0.2) is 4.39 Å². The Hall–Kier alpha value is -1.67. The monoisotopic (exact) mass is 283 g/mol. The van der Waals surface area contributed by atoms with Gasteiger partial charge in [0.25, 0.3) is 0 Å². The van der Waals surface area contributed by atoms with Crippen molar-refractivity contribution in [2.45, 2.75) is 39.2 Å². The molecule has 0 heterocycles. The van der Waals surface area contributed by atoms with Crippen molar-refractivity contribution in [3.63, 3.8) is 0 Å². The van der Waals surface area contributed by atoms with Crippen LogP contribution in [0.3, 0.4) is 0 Å². The summed E-state index contributed by atoms with van der Waals surface area (Å²) in [7, 11) is 0. The fourth-order valence-electron chi connectivity index (χ4n) is 3.67. The van der Waals surface area contributed by atoms with E-state index in [9.17, 15) is 4.39 Å². The van der Waals surface area contributed by atoms with E-state index in [2.05, 4.69) is 36.5 Å². The van der Waals surface area contributed by atoms with Gasteiger partial charge in [0.1, 0.15) is 5.82 Å². The highest BCUT2D eigenvalue weighted by Crippen LogP contribution is 2.44. The van der Waals surface area contributed by atoms with E-state index in [0.717, 1.165) is 24.1 Å². The molecular weight excluding hydrogens is 261 g/mol. The van der Waals surface area contributed by atoms with Crippen molar-refractivity contribution >= 4 is 0 Å². The summed E-state index contributed by atoms with van der Waals surface area (Å²) in [5.41, 5.74) is 6.23. The maximum atomic E-state index is 13.6. The number of aryl methyl sites for hydroxylation is 2. The largest absolute Gasteiger partial charge is 0.310 e. The van der Waals surface area contributed by atoms with Crippen LogP contribution >= 0.6 is 0 Å². The molecule has 0 radical (unpaired) electrons. The first-order valence-corrected chi connectivity index (χ1v) is 7.69. The van der Waals surface area contributed by atoms with Crippen molar-refractivity contribution in [3.8, 4) is 0 Å². The van der Waals surface area contributed by atoms with Gasteiger partial charge in [-0.2, -0.15) is 0 Å². The average molecular weight is 283 g/mol. The average Bonchev–Trinajstić information content (AvgIpc) is 2.39. The minimum atomic E-state index is -0.141. The Morgan fingerprint density at radius 2 is 1.86 bits per heavy atom. The third-order valence-electron chi connectivity index (χ3n) is 4.59. The van der Waals surface area contributed by atoms with Crippen molar-refractivity contribution in [2.75, 3.05) is 6.54 Å². The van der Waals surface area contributed by atoms with Crippen LogP contribution in [0.5, 0.6) is 0 Å². The fraction of sp³-hybridized carbons (Fsp3) is 0.368. The van der Waals surface area contributed by atoms with Gasteiger partial charge in [-0.3, -0.25) is 0 Å². The third-order valence-corrected chi connectivity index (χ3v) is 4.59. The van der Waals surface area contributed by atoms with Crippen LogP contribution in [0.1, 0.15) is 46.7 Å². The highest BCUT2D eigenvalue weighted by molar-refractivity contribution is 5.46. The zero-order valence-corrected chi connectivity index (χ0v) is 12.9. The lowest BCUT2D eigenvalue weighted by atomic mass is 9.70. The van der Waals surface area contributed by atoms with Crippen molar-refractivity contribution in [1.29, 1.82) is 0 Å². The molecule has 2 aromatic carbocycles. The second-order valence-corrected chi connectivity index (χ2v) is 6.00. The fourth-order valence-corrected chi connectivity index (χ4v) is 3.67. The smallest absolute Gasteiger partial charge is 0.123 e. The van der Waals surface area contributed by atoms with Crippen molar-refractivity contribution in [3.05, 3.63) is 70.0 Å². The van der Waals surface area contributed by atoms with Crippen molar-refractivity contribution in [2.24, 2.45) is 0 Å². The molecular formula is C19H22FN. The van der Waals surface area contributed by atoms with Crippen molar-refractivity contribution < 1.29 is 4.39 Å². The Kier molecular flexibility index (Phi) is 3.81. The number of rotatable bonds is 4. The van der Waals surface area contributed by atoms with E-state index in [-0.39, 0.29) is 11.9 Å². The topological polar surface area (TPSA) is 12.0 Å². The van der Waals surface area contributed by atoms with Gasteiger partial charge < -0.3 is 5.32 Å². The number of fused-ring (bicyclic) bond motifs is 1. The summed E-state index contributed by atoms with van der Waals surface area (Å²) < 4.78 is 13.6. The molecule has 0 bridgehead atoms. The second-order valence-electron chi connectivity index (χ2n) is 6.00. The van der Waals surface area contributed by atoms with Crippen LogP contribution in [0, 0.1) is 19.7 Å². The molecule has 2 heteroatoms. The Bertz CT molecular complexity index is 639. The summed E-state index contributed by atoms with van der Waals surface area (Å²) in [6.07, 6.45) is 1.10. The minimum absolute atomic E-state index is 0.141. The zero-order chi connectivity index (χ0) is 15.0. The number of hydrogen-bond acceptors (Lipinski definition) is 1. The van der Waals surface area contributed by atoms with Crippen LogP contribution in [-0.2, 0) is 6.42 Å². The molecule has 2 aromatic rings. The number of nitrogens with one attached hydrogen (secondary N) is 1. The van der Waals surface area contributed by atoms with Crippen LogP contribution < -0.4 is 5.32 Å². The maximum Gasteiger partial charge on any atom is 0.123 e. The molecule has 0 spiro atoms. The summed E-state index contributed by atoms with van der Waals surface area (Å²) in [4.78, 5) is 0. The predicted octanol–water partition coefficient (Wildman–Crippen LogP) is 4.43. The molecule has 110 valence electrons. The lowest BCUT2D eigenvalue weighted by molar-refractivity contribution is 0.416. The molecule has 21 heavy (non-hydrogen) atoms.